The van der Waals surface area contributed by atoms with Crippen molar-refractivity contribution < 1.29 is 0 Å². The van der Waals surface area contributed by atoms with Crippen LogP contribution in [0.25, 0.3) is 16.9 Å². The molecule has 0 unspecified atom stereocenters. The summed E-state index contributed by atoms with van der Waals surface area (Å²) < 4.78 is 1.58. The number of hydrogen-bond acceptors (Lipinski definition) is 7. The Morgan fingerprint density at radius 2 is 1.83 bits per heavy atom. The van der Waals surface area contributed by atoms with E-state index in [1.165, 1.54) is 6.33 Å². The van der Waals surface area contributed by atoms with Gasteiger partial charge in [0.1, 0.15) is 12.1 Å². The van der Waals surface area contributed by atoms with Gasteiger partial charge in [0.15, 0.2) is 17.3 Å². The highest BCUT2D eigenvalue weighted by Gasteiger charge is 2.10. The second-order valence-corrected chi connectivity index (χ2v) is 4.82. The fourth-order valence-corrected chi connectivity index (χ4v) is 2.20. The number of nitrogens with two attached hydrogens (primary N) is 1. The molecule has 0 fully saturated rings. The van der Waals surface area contributed by atoms with E-state index in [0.717, 1.165) is 5.69 Å². The Morgan fingerprint density at radius 1 is 0.957 bits per heavy atom. The summed E-state index contributed by atoms with van der Waals surface area (Å²) in [4.78, 5) is 8.14. The quantitative estimate of drug-likeness (QED) is 0.595. The molecule has 8 nitrogen and oxygen atoms in total. The first kappa shape index (κ1) is 13.1. The van der Waals surface area contributed by atoms with Crippen LogP contribution in [-0.4, -0.2) is 29.9 Å². The Labute approximate surface area is 131 Å². The van der Waals surface area contributed by atoms with Gasteiger partial charge in [0.05, 0.1) is 11.6 Å². The summed E-state index contributed by atoms with van der Waals surface area (Å²) in [5.41, 5.74) is 7.34. The number of nitrogen functional groups attached to an aromatic ring is 1. The van der Waals surface area contributed by atoms with Crippen LogP contribution in [0.1, 0.15) is 0 Å². The Bertz CT molecular complexity index is 946. The van der Waals surface area contributed by atoms with Crippen molar-refractivity contribution in [3.63, 3.8) is 0 Å². The maximum Gasteiger partial charge on any atom is 0.178 e. The molecule has 0 saturated heterocycles. The SMILES string of the molecule is Nc1ncnc2c1cnn2-c1ccc(Nc2ccccc2)nn1. The zero-order valence-electron chi connectivity index (χ0n) is 12.0. The van der Waals surface area contributed by atoms with Crippen molar-refractivity contribution in [3.05, 3.63) is 55.0 Å². The minimum absolute atomic E-state index is 0.386. The molecule has 0 bridgehead atoms. The molecule has 4 rings (SSSR count). The number of benzene rings is 1. The van der Waals surface area contributed by atoms with Crippen LogP contribution in [0.15, 0.2) is 55.0 Å². The topological polar surface area (TPSA) is 107 Å². The van der Waals surface area contributed by atoms with E-state index in [2.05, 4.69) is 30.6 Å². The first-order chi connectivity index (χ1) is 11.3. The maximum atomic E-state index is 5.81. The molecule has 112 valence electrons. The van der Waals surface area contributed by atoms with Crippen molar-refractivity contribution in [2.24, 2.45) is 0 Å². The van der Waals surface area contributed by atoms with Crippen LogP contribution >= 0.6 is 0 Å². The summed E-state index contributed by atoms with van der Waals surface area (Å²) in [6, 6.07) is 13.4. The number of hydrogen-bond donors (Lipinski definition) is 2. The van der Waals surface area contributed by atoms with E-state index in [4.69, 9.17) is 5.73 Å². The van der Waals surface area contributed by atoms with E-state index >= 15 is 0 Å². The van der Waals surface area contributed by atoms with E-state index in [9.17, 15) is 0 Å². The van der Waals surface area contributed by atoms with Crippen molar-refractivity contribution in [1.29, 1.82) is 0 Å². The predicted molar refractivity (Wildman–Crippen MR) is 86.4 cm³/mol. The monoisotopic (exact) mass is 304 g/mol. The smallest absolute Gasteiger partial charge is 0.178 e. The van der Waals surface area contributed by atoms with Crippen LogP contribution in [0, 0.1) is 0 Å². The Balaban J connectivity index is 1.66. The summed E-state index contributed by atoms with van der Waals surface area (Å²) in [6.07, 6.45) is 3.01. The van der Waals surface area contributed by atoms with Gasteiger partial charge in [-0.05, 0) is 24.3 Å². The molecule has 1 aromatic carbocycles. The number of para-hydroxylation sites is 1. The number of rotatable bonds is 3. The molecule has 0 radical (unpaired) electrons. The van der Waals surface area contributed by atoms with Gasteiger partial charge in [-0.1, -0.05) is 18.2 Å². The van der Waals surface area contributed by atoms with Crippen LogP contribution in [0.4, 0.5) is 17.3 Å². The van der Waals surface area contributed by atoms with Crippen molar-refractivity contribution in [1.82, 2.24) is 29.9 Å². The van der Waals surface area contributed by atoms with Gasteiger partial charge in [0, 0.05) is 5.69 Å². The molecule has 3 aromatic heterocycles. The third-order valence-electron chi connectivity index (χ3n) is 3.31. The van der Waals surface area contributed by atoms with E-state index in [1.54, 1.807) is 10.9 Å². The van der Waals surface area contributed by atoms with Crippen LogP contribution < -0.4 is 11.1 Å². The lowest BCUT2D eigenvalue weighted by molar-refractivity contribution is 0.829. The average Bonchev–Trinajstić information content (AvgIpc) is 3.02. The van der Waals surface area contributed by atoms with Crippen LogP contribution in [-0.2, 0) is 0 Å². The maximum absolute atomic E-state index is 5.81. The van der Waals surface area contributed by atoms with Gasteiger partial charge in [0.25, 0.3) is 0 Å². The molecule has 23 heavy (non-hydrogen) atoms. The highest BCUT2D eigenvalue weighted by Crippen LogP contribution is 2.19. The number of anilines is 3. The summed E-state index contributed by atoms with van der Waals surface area (Å²) in [7, 11) is 0. The minimum atomic E-state index is 0.386. The molecule has 3 N–H and O–H groups in total. The molecule has 0 spiro atoms. The van der Waals surface area contributed by atoms with E-state index < -0.39 is 0 Å². The van der Waals surface area contributed by atoms with Crippen molar-refractivity contribution in [3.8, 4) is 5.82 Å². The van der Waals surface area contributed by atoms with Crippen LogP contribution in [0.2, 0.25) is 0 Å². The molecular weight excluding hydrogens is 292 g/mol. The summed E-state index contributed by atoms with van der Waals surface area (Å²) in [5.74, 6) is 1.58. The van der Waals surface area contributed by atoms with Crippen LogP contribution in [0.3, 0.4) is 0 Å². The summed E-state index contributed by atoms with van der Waals surface area (Å²) >= 11 is 0. The van der Waals surface area contributed by atoms with Gasteiger partial charge in [-0.25, -0.2) is 9.97 Å². The first-order valence-corrected chi connectivity index (χ1v) is 6.91. The number of nitrogens with one attached hydrogen (secondary N) is 1. The average molecular weight is 304 g/mol. The molecule has 0 amide bonds. The molecule has 3 heterocycles. The fourth-order valence-electron chi connectivity index (χ4n) is 2.20. The standard InChI is InChI=1S/C15H12N8/c16-14-11-8-19-23(15(11)18-9-17-14)13-7-6-12(21-22-13)20-10-4-2-1-3-5-10/h1-9H,(H,20,21)(H2,16,17,18). The molecule has 0 saturated carbocycles. The molecule has 0 atom stereocenters. The van der Waals surface area contributed by atoms with Gasteiger partial charge in [0.2, 0.25) is 0 Å². The Hall–Kier alpha value is -3.55. The Kier molecular flexibility index (Phi) is 3.05. The third kappa shape index (κ3) is 2.42. The molecular formula is C15H12N8. The van der Waals surface area contributed by atoms with E-state index in [0.29, 0.717) is 28.5 Å². The van der Waals surface area contributed by atoms with Crippen molar-refractivity contribution in [2.75, 3.05) is 11.1 Å². The zero-order valence-corrected chi connectivity index (χ0v) is 12.0. The van der Waals surface area contributed by atoms with Crippen LogP contribution in [0.5, 0.6) is 0 Å². The van der Waals surface area contributed by atoms with E-state index in [-0.39, 0.29) is 0 Å². The van der Waals surface area contributed by atoms with Gasteiger partial charge >= 0.3 is 0 Å². The lowest BCUT2D eigenvalue weighted by atomic mass is 10.3. The number of fused-ring (bicyclic) bond motifs is 1. The predicted octanol–water partition coefficient (Wildman–Crippen LogP) is 1.93. The third-order valence-corrected chi connectivity index (χ3v) is 3.31. The Morgan fingerprint density at radius 3 is 2.61 bits per heavy atom. The fraction of sp³-hybridized carbons (Fsp3) is 0. The summed E-state index contributed by atoms with van der Waals surface area (Å²) in [5, 5.41) is 16.5. The second-order valence-electron chi connectivity index (χ2n) is 4.82. The minimum Gasteiger partial charge on any atom is -0.383 e. The van der Waals surface area contributed by atoms with Gasteiger partial charge in [-0.2, -0.15) is 9.78 Å². The normalized spacial score (nSPS) is 10.8. The van der Waals surface area contributed by atoms with Gasteiger partial charge < -0.3 is 11.1 Å². The highest BCUT2D eigenvalue weighted by molar-refractivity contribution is 5.85. The van der Waals surface area contributed by atoms with Crippen molar-refractivity contribution in [2.45, 2.75) is 0 Å². The zero-order chi connectivity index (χ0) is 15.6. The lowest BCUT2D eigenvalue weighted by Crippen LogP contribution is -2.04. The van der Waals surface area contributed by atoms with Gasteiger partial charge in [-0.15, -0.1) is 10.2 Å². The molecule has 8 heteroatoms. The summed E-state index contributed by atoms with van der Waals surface area (Å²) in [6.45, 7) is 0. The number of aromatic nitrogens is 6. The second kappa shape index (κ2) is 5.34. The van der Waals surface area contributed by atoms with E-state index in [1.807, 2.05) is 42.5 Å². The molecule has 4 aromatic rings. The largest absolute Gasteiger partial charge is 0.383 e. The van der Waals surface area contributed by atoms with Gasteiger partial charge in [-0.3, -0.25) is 0 Å². The first-order valence-electron chi connectivity index (χ1n) is 6.91. The molecule has 0 aliphatic carbocycles. The molecule has 0 aliphatic rings. The highest BCUT2D eigenvalue weighted by atomic mass is 15.4. The lowest BCUT2D eigenvalue weighted by Gasteiger charge is -2.05. The number of nitrogens with zero attached hydrogens (tertiary/aromatic N) is 6. The molecule has 0 aliphatic heterocycles. The van der Waals surface area contributed by atoms with Crippen molar-refractivity contribution >= 4 is 28.4 Å².